The van der Waals surface area contributed by atoms with Gasteiger partial charge in [0.15, 0.2) is 0 Å². The van der Waals surface area contributed by atoms with E-state index >= 15 is 0 Å². The molecular formula is C24H22N2O3S2. The van der Waals surface area contributed by atoms with E-state index in [0.29, 0.717) is 21.2 Å². The lowest BCUT2D eigenvalue weighted by Gasteiger charge is -2.27. The summed E-state index contributed by atoms with van der Waals surface area (Å²) in [5.41, 5.74) is 4.82. The second kappa shape index (κ2) is 8.13. The van der Waals surface area contributed by atoms with Gasteiger partial charge in [-0.25, -0.2) is 0 Å². The summed E-state index contributed by atoms with van der Waals surface area (Å²) in [6, 6.07) is 17.5. The summed E-state index contributed by atoms with van der Waals surface area (Å²) in [4.78, 5) is 28.0. The highest BCUT2D eigenvalue weighted by molar-refractivity contribution is 8.26. The standard InChI is InChI=1S/C24H22N2O3S2/c27-22(28)11-12-25-23(29)21(31-24(25)30)14-15-9-10-20-18(13-15)17-7-4-8-19(17)26(20)16-5-2-1-3-6-16/h1-3,5-6,9-10,13-14,17,19H,4,7-8,11-12H2,(H,27,28)/b21-14-. The van der Waals surface area contributed by atoms with Crippen molar-refractivity contribution in [1.29, 1.82) is 0 Å². The number of benzene rings is 2. The number of fused-ring (bicyclic) bond motifs is 3. The van der Waals surface area contributed by atoms with Gasteiger partial charge in [-0.15, -0.1) is 0 Å². The molecule has 2 heterocycles. The maximum atomic E-state index is 12.7. The number of thiocarbonyl (C=S) groups is 1. The van der Waals surface area contributed by atoms with Gasteiger partial charge in [-0.1, -0.05) is 54.7 Å². The van der Waals surface area contributed by atoms with Gasteiger partial charge in [0.05, 0.1) is 11.3 Å². The molecule has 31 heavy (non-hydrogen) atoms. The molecule has 1 amide bonds. The van der Waals surface area contributed by atoms with E-state index in [9.17, 15) is 9.59 Å². The van der Waals surface area contributed by atoms with E-state index in [2.05, 4.69) is 47.4 Å². The number of thioether (sulfide) groups is 1. The van der Waals surface area contributed by atoms with Gasteiger partial charge in [-0.05, 0) is 54.3 Å². The molecule has 5 rings (SSSR count). The number of rotatable bonds is 5. The van der Waals surface area contributed by atoms with Crippen molar-refractivity contribution in [1.82, 2.24) is 4.90 Å². The third-order valence-corrected chi connectivity index (χ3v) is 7.65. The van der Waals surface area contributed by atoms with Crippen molar-refractivity contribution in [3.05, 3.63) is 64.6 Å². The molecule has 0 aromatic heterocycles. The van der Waals surface area contributed by atoms with Crippen LogP contribution in [0.25, 0.3) is 6.08 Å². The van der Waals surface area contributed by atoms with Crippen LogP contribution < -0.4 is 4.90 Å². The minimum absolute atomic E-state index is 0.108. The average molecular weight is 451 g/mol. The quantitative estimate of drug-likeness (QED) is 0.502. The molecule has 5 nitrogen and oxygen atoms in total. The fourth-order valence-electron chi connectivity index (χ4n) is 4.94. The van der Waals surface area contributed by atoms with Crippen molar-refractivity contribution in [2.75, 3.05) is 11.4 Å². The van der Waals surface area contributed by atoms with Crippen LogP contribution in [0.1, 0.15) is 42.7 Å². The minimum atomic E-state index is -0.939. The molecule has 2 unspecified atom stereocenters. The zero-order valence-corrected chi connectivity index (χ0v) is 18.5. The number of hydrogen-bond donors (Lipinski definition) is 1. The zero-order valence-electron chi connectivity index (χ0n) is 16.9. The van der Waals surface area contributed by atoms with E-state index in [4.69, 9.17) is 17.3 Å². The maximum absolute atomic E-state index is 12.7. The van der Waals surface area contributed by atoms with Crippen LogP contribution >= 0.6 is 24.0 Å². The van der Waals surface area contributed by atoms with Crippen LogP contribution in [0.2, 0.25) is 0 Å². The Morgan fingerprint density at radius 2 is 2.00 bits per heavy atom. The number of nitrogens with zero attached hydrogens (tertiary/aromatic N) is 2. The normalized spacial score (nSPS) is 23.5. The Labute approximate surface area is 190 Å². The van der Waals surface area contributed by atoms with E-state index < -0.39 is 5.97 Å². The summed E-state index contributed by atoms with van der Waals surface area (Å²) in [6.07, 6.45) is 5.37. The minimum Gasteiger partial charge on any atom is -0.481 e. The van der Waals surface area contributed by atoms with Gasteiger partial charge in [-0.3, -0.25) is 14.5 Å². The molecule has 158 valence electrons. The van der Waals surface area contributed by atoms with Crippen LogP contribution in [-0.2, 0) is 9.59 Å². The molecule has 1 saturated carbocycles. The SMILES string of the molecule is O=C(O)CCN1C(=O)/C(=C/c2ccc3c(c2)C2CCCC2N3c2ccccc2)SC1=S. The number of aliphatic carboxylic acids is 1. The molecule has 3 aliphatic rings. The number of carbonyl (C=O) groups excluding carboxylic acids is 1. The molecule has 1 saturated heterocycles. The molecular weight excluding hydrogens is 428 g/mol. The lowest BCUT2D eigenvalue weighted by Crippen LogP contribution is -2.30. The highest BCUT2D eigenvalue weighted by Crippen LogP contribution is 2.52. The molecule has 1 aliphatic carbocycles. The Balaban J connectivity index is 1.45. The molecule has 2 atom stereocenters. The molecule has 2 aromatic rings. The zero-order chi connectivity index (χ0) is 21.5. The monoisotopic (exact) mass is 450 g/mol. The molecule has 0 radical (unpaired) electrons. The summed E-state index contributed by atoms with van der Waals surface area (Å²) in [5, 5.41) is 8.91. The third kappa shape index (κ3) is 3.66. The van der Waals surface area contributed by atoms with Gasteiger partial charge in [0.1, 0.15) is 4.32 Å². The smallest absolute Gasteiger partial charge is 0.305 e. The molecule has 2 fully saturated rings. The summed E-state index contributed by atoms with van der Waals surface area (Å²) in [7, 11) is 0. The largest absolute Gasteiger partial charge is 0.481 e. The van der Waals surface area contributed by atoms with E-state index in [-0.39, 0.29) is 18.9 Å². The van der Waals surface area contributed by atoms with Crippen LogP contribution in [-0.4, -0.2) is 38.8 Å². The predicted molar refractivity (Wildman–Crippen MR) is 128 cm³/mol. The van der Waals surface area contributed by atoms with Gasteiger partial charge < -0.3 is 10.0 Å². The van der Waals surface area contributed by atoms with E-state index in [1.165, 1.54) is 52.9 Å². The number of carboxylic acid groups (broad SMARTS) is 1. The highest BCUT2D eigenvalue weighted by atomic mass is 32.2. The van der Waals surface area contributed by atoms with Crippen LogP contribution in [0.4, 0.5) is 11.4 Å². The number of hydrogen-bond acceptors (Lipinski definition) is 5. The number of amides is 1. The first kappa shape index (κ1) is 20.3. The first-order chi connectivity index (χ1) is 15.0. The van der Waals surface area contributed by atoms with Gasteiger partial charge >= 0.3 is 5.97 Å². The molecule has 0 bridgehead atoms. The van der Waals surface area contributed by atoms with E-state index in [1.807, 2.05) is 12.1 Å². The van der Waals surface area contributed by atoms with E-state index in [1.54, 1.807) is 0 Å². The van der Waals surface area contributed by atoms with Crippen molar-refractivity contribution in [2.24, 2.45) is 0 Å². The predicted octanol–water partition coefficient (Wildman–Crippen LogP) is 5.15. The number of anilines is 2. The van der Waals surface area contributed by atoms with Crippen LogP contribution in [0.15, 0.2) is 53.4 Å². The Bertz CT molecular complexity index is 1100. The lowest BCUT2D eigenvalue weighted by molar-refractivity contribution is -0.137. The average Bonchev–Trinajstić information content (AvgIpc) is 3.41. The van der Waals surface area contributed by atoms with Crippen LogP contribution in [0.3, 0.4) is 0 Å². The Hall–Kier alpha value is -2.64. The van der Waals surface area contributed by atoms with Crippen LogP contribution in [0.5, 0.6) is 0 Å². The molecule has 1 N–H and O–H groups in total. The molecule has 2 aromatic carbocycles. The van der Waals surface area contributed by atoms with Gasteiger partial charge in [0.2, 0.25) is 0 Å². The molecule has 0 spiro atoms. The molecule has 7 heteroatoms. The maximum Gasteiger partial charge on any atom is 0.305 e. The van der Waals surface area contributed by atoms with Gasteiger partial charge in [0.25, 0.3) is 5.91 Å². The van der Waals surface area contributed by atoms with Crippen molar-refractivity contribution < 1.29 is 14.7 Å². The van der Waals surface area contributed by atoms with Crippen molar-refractivity contribution in [2.45, 2.75) is 37.6 Å². The number of carbonyl (C=O) groups is 2. The number of carboxylic acids is 1. The summed E-state index contributed by atoms with van der Waals surface area (Å²) in [5.74, 6) is -0.638. The topological polar surface area (TPSA) is 60.9 Å². The Morgan fingerprint density at radius 1 is 1.19 bits per heavy atom. The lowest BCUT2D eigenvalue weighted by atomic mass is 9.96. The van der Waals surface area contributed by atoms with Crippen molar-refractivity contribution >= 4 is 57.6 Å². The second-order valence-corrected chi connectivity index (χ2v) is 9.78. The summed E-state index contributed by atoms with van der Waals surface area (Å²) in [6.45, 7) is 0.108. The van der Waals surface area contributed by atoms with Gasteiger partial charge in [0, 0.05) is 29.9 Å². The fourth-order valence-corrected chi connectivity index (χ4v) is 6.25. The van der Waals surface area contributed by atoms with E-state index in [0.717, 1.165) is 5.56 Å². The molecule has 2 aliphatic heterocycles. The van der Waals surface area contributed by atoms with Crippen LogP contribution in [0, 0.1) is 0 Å². The summed E-state index contributed by atoms with van der Waals surface area (Å²) >= 11 is 6.54. The van der Waals surface area contributed by atoms with Gasteiger partial charge in [-0.2, -0.15) is 0 Å². The first-order valence-corrected chi connectivity index (χ1v) is 11.7. The Kier molecular flexibility index (Phi) is 5.32. The summed E-state index contributed by atoms with van der Waals surface area (Å²) < 4.78 is 0.421. The first-order valence-electron chi connectivity index (χ1n) is 10.5. The Morgan fingerprint density at radius 3 is 2.77 bits per heavy atom. The highest BCUT2D eigenvalue weighted by Gasteiger charge is 2.42. The van der Waals surface area contributed by atoms with Crippen molar-refractivity contribution in [3.8, 4) is 0 Å². The second-order valence-electron chi connectivity index (χ2n) is 8.11. The fraction of sp³-hybridized carbons (Fsp3) is 0.292. The third-order valence-electron chi connectivity index (χ3n) is 6.28. The van der Waals surface area contributed by atoms with Crippen molar-refractivity contribution in [3.63, 3.8) is 0 Å². The number of para-hydroxylation sites is 1.